The summed E-state index contributed by atoms with van der Waals surface area (Å²) >= 11 is 0. The average Bonchev–Trinajstić information content (AvgIpc) is 3.13. The van der Waals surface area contributed by atoms with E-state index in [4.69, 9.17) is 18.9 Å². The van der Waals surface area contributed by atoms with Crippen molar-refractivity contribution in [3.63, 3.8) is 0 Å². The monoisotopic (exact) mass is 735 g/mol. The van der Waals surface area contributed by atoms with Gasteiger partial charge < -0.3 is 34.1 Å². The summed E-state index contributed by atoms with van der Waals surface area (Å²) in [4.78, 5) is 36.9. The molecule has 2 fully saturated rings. The van der Waals surface area contributed by atoms with E-state index in [0.29, 0.717) is 38.9 Å². The maximum atomic E-state index is 12.6. The second-order valence-corrected chi connectivity index (χ2v) is 14.3. The van der Waals surface area contributed by atoms with Crippen molar-refractivity contribution in [2.75, 3.05) is 31.3 Å². The molecule has 2 unspecified atom stereocenters. The molecule has 2 atom stereocenters. The lowest BCUT2D eigenvalue weighted by molar-refractivity contribution is -0.305. The quantitative estimate of drug-likeness (QED) is 0.126. The SMILES string of the molecule is CC(=O)OC1(CCc2ccc(C3CC(=O)N3c3ccc(CCCC(CO)CO)cc3)cc2)COC(C)(C)OC1.CCC(OC(C)=O)c1ccc(F)cc1. The first-order chi connectivity index (χ1) is 25.3. The van der Waals surface area contributed by atoms with Crippen LogP contribution in [0.25, 0.3) is 0 Å². The summed E-state index contributed by atoms with van der Waals surface area (Å²) in [7, 11) is 0. The number of halogens is 1. The van der Waals surface area contributed by atoms with E-state index in [1.54, 1.807) is 12.1 Å². The highest BCUT2D eigenvalue weighted by atomic mass is 19.1. The highest BCUT2D eigenvalue weighted by Crippen LogP contribution is 2.39. The topological polar surface area (TPSA) is 132 Å². The summed E-state index contributed by atoms with van der Waals surface area (Å²) in [5.74, 6) is -1.60. The van der Waals surface area contributed by atoms with E-state index in [9.17, 15) is 29.0 Å². The number of benzene rings is 3. The Hall–Kier alpha value is -4.16. The van der Waals surface area contributed by atoms with E-state index in [0.717, 1.165) is 41.6 Å². The van der Waals surface area contributed by atoms with Crippen molar-refractivity contribution in [3.8, 4) is 0 Å². The molecule has 10 nitrogen and oxygen atoms in total. The summed E-state index contributed by atoms with van der Waals surface area (Å²) < 4.78 is 34.9. The number of anilines is 1. The third-order valence-corrected chi connectivity index (χ3v) is 9.64. The number of β-lactam (4-membered cyclic amide) rings is 1. The van der Waals surface area contributed by atoms with E-state index >= 15 is 0 Å². The van der Waals surface area contributed by atoms with Crippen LogP contribution >= 0.6 is 0 Å². The van der Waals surface area contributed by atoms with Crippen LogP contribution in [-0.4, -0.2) is 65.9 Å². The summed E-state index contributed by atoms with van der Waals surface area (Å²) in [6.07, 6.45) is 4.72. The molecule has 0 saturated carbocycles. The molecule has 2 aliphatic rings. The summed E-state index contributed by atoms with van der Waals surface area (Å²) in [5, 5.41) is 18.5. The summed E-state index contributed by atoms with van der Waals surface area (Å²) in [5.41, 5.74) is 4.28. The number of aliphatic hydroxyl groups excluding tert-OH is 2. The zero-order chi connectivity index (χ0) is 38.6. The number of aliphatic hydroxyl groups is 2. The molecular weight excluding hydrogens is 681 g/mol. The highest BCUT2D eigenvalue weighted by Gasteiger charge is 2.43. The molecule has 1 amide bonds. The van der Waals surface area contributed by atoms with Gasteiger partial charge in [-0.15, -0.1) is 0 Å². The van der Waals surface area contributed by atoms with Crippen molar-refractivity contribution in [1.82, 2.24) is 0 Å². The van der Waals surface area contributed by atoms with E-state index in [-0.39, 0.29) is 54.9 Å². The van der Waals surface area contributed by atoms with Crippen molar-refractivity contribution >= 4 is 23.5 Å². The number of hydrogen-bond donors (Lipinski definition) is 2. The molecule has 0 spiro atoms. The lowest BCUT2D eigenvalue weighted by Crippen LogP contribution is -2.53. The largest absolute Gasteiger partial charge is 0.458 e. The van der Waals surface area contributed by atoms with Gasteiger partial charge in [-0.25, -0.2) is 4.39 Å². The molecule has 53 heavy (non-hydrogen) atoms. The maximum absolute atomic E-state index is 12.6. The van der Waals surface area contributed by atoms with Crippen LogP contribution in [0.1, 0.15) is 101 Å². The Kier molecular flexibility index (Phi) is 15.1. The molecule has 288 valence electrons. The van der Waals surface area contributed by atoms with Crippen LogP contribution in [0.5, 0.6) is 0 Å². The lowest BCUT2D eigenvalue weighted by atomic mass is 9.90. The molecule has 5 rings (SSSR count). The van der Waals surface area contributed by atoms with Crippen LogP contribution < -0.4 is 4.90 Å². The lowest BCUT2D eigenvalue weighted by Gasteiger charge is -2.42. The number of nitrogens with zero attached hydrogens (tertiary/aromatic N) is 1. The molecule has 0 radical (unpaired) electrons. The van der Waals surface area contributed by atoms with E-state index in [1.165, 1.54) is 31.5 Å². The van der Waals surface area contributed by atoms with Crippen LogP contribution in [-0.2, 0) is 46.2 Å². The Bertz CT molecular complexity index is 1610. The molecule has 2 saturated heterocycles. The van der Waals surface area contributed by atoms with Gasteiger partial charge in [-0.3, -0.25) is 14.4 Å². The first kappa shape index (κ1) is 41.6. The number of rotatable bonds is 15. The Balaban J connectivity index is 0.000000376. The average molecular weight is 736 g/mol. The van der Waals surface area contributed by atoms with Crippen molar-refractivity contribution in [3.05, 3.63) is 101 Å². The number of hydrogen-bond acceptors (Lipinski definition) is 9. The van der Waals surface area contributed by atoms with Gasteiger partial charge in [-0.1, -0.05) is 55.5 Å². The molecule has 0 aliphatic carbocycles. The molecule has 2 heterocycles. The molecule has 2 N–H and O–H groups in total. The second-order valence-electron chi connectivity index (χ2n) is 14.3. The van der Waals surface area contributed by atoms with Crippen LogP contribution in [0, 0.1) is 11.7 Å². The first-order valence-corrected chi connectivity index (χ1v) is 18.4. The number of esters is 2. The van der Waals surface area contributed by atoms with Gasteiger partial charge in [0.15, 0.2) is 11.4 Å². The highest BCUT2D eigenvalue weighted by molar-refractivity contribution is 6.01. The van der Waals surface area contributed by atoms with Gasteiger partial charge in [0.1, 0.15) is 11.9 Å². The number of aryl methyl sites for hydroxylation is 2. The van der Waals surface area contributed by atoms with Crippen LogP contribution in [0.3, 0.4) is 0 Å². The van der Waals surface area contributed by atoms with Crippen molar-refractivity contribution in [2.24, 2.45) is 5.92 Å². The Morgan fingerprint density at radius 3 is 2.00 bits per heavy atom. The molecule has 0 bridgehead atoms. The van der Waals surface area contributed by atoms with Gasteiger partial charge in [0.2, 0.25) is 5.91 Å². The summed E-state index contributed by atoms with van der Waals surface area (Å²) in [6.45, 7) is 8.98. The summed E-state index contributed by atoms with van der Waals surface area (Å²) in [6, 6.07) is 22.4. The molecule has 3 aromatic rings. The predicted octanol–water partition coefficient (Wildman–Crippen LogP) is 6.95. The standard InChI is InChI=1S/C31H41NO7.C11H13FO2/c1-22(35)39-31(20-37-30(2,3)38-21-31)16-15-24-7-11-26(12-8-24)28-17-29(36)32(28)27-13-9-23(10-14-27)5-4-6-25(18-33)19-34;1-3-11(14-8(2)13)9-4-6-10(12)7-5-9/h7-14,25,28,33-34H,4-6,15-21H2,1-3H3;4-7,11H,3H2,1-2H3. The van der Waals surface area contributed by atoms with E-state index in [1.807, 2.05) is 49.9 Å². The maximum Gasteiger partial charge on any atom is 0.303 e. The minimum absolute atomic E-state index is 0.00188. The molecular formula is C42H54FNO9. The predicted molar refractivity (Wildman–Crippen MR) is 198 cm³/mol. The fourth-order valence-electron chi connectivity index (χ4n) is 6.46. The normalized spacial score (nSPS) is 18.0. The fourth-order valence-corrected chi connectivity index (χ4v) is 6.46. The third kappa shape index (κ3) is 12.2. The van der Waals surface area contributed by atoms with Crippen LogP contribution in [0.4, 0.5) is 10.1 Å². The zero-order valence-corrected chi connectivity index (χ0v) is 31.5. The van der Waals surface area contributed by atoms with Gasteiger partial charge >= 0.3 is 11.9 Å². The van der Waals surface area contributed by atoms with E-state index in [2.05, 4.69) is 24.3 Å². The first-order valence-electron chi connectivity index (χ1n) is 18.4. The minimum atomic E-state index is -0.803. The number of carbonyl (C=O) groups excluding carboxylic acids is 3. The van der Waals surface area contributed by atoms with Gasteiger partial charge in [-0.2, -0.15) is 0 Å². The molecule has 2 aliphatic heterocycles. The molecule has 11 heteroatoms. The zero-order valence-electron chi connectivity index (χ0n) is 31.5. The minimum Gasteiger partial charge on any atom is -0.458 e. The number of amides is 1. The van der Waals surface area contributed by atoms with Crippen molar-refractivity contribution < 1.29 is 47.9 Å². The van der Waals surface area contributed by atoms with Gasteiger partial charge in [0.25, 0.3) is 0 Å². The van der Waals surface area contributed by atoms with Gasteiger partial charge in [0.05, 0.1) is 25.7 Å². The second kappa shape index (κ2) is 19.3. The smallest absolute Gasteiger partial charge is 0.303 e. The van der Waals surface area contributed by atoms with Crippen LogP contribution in [0.15, 0.2) is 72.8 Å². The van der Waals surface area contributed by atoms with Crippen molar-refractivity contribution in [1.29, 1.82) is 0 Å². The van der Waals surface area contributed by atoms with Gasteiger partial charge in [0, 0.05) is 38.7 Å². The van der Waals surface area contributed by atoms with Crippen molar-refractivity contribution in [2.45, 2.75) is 103 Å². The van der Waals surface area contributed by atoms with Crippen LogP contribution in [0.2, 0.25) is 0 Å². The Labute approximate surface area is 312 Å². The third-order valence-electron chi connectivity index (χ3n) is 9.64. The number of ether oxygens (including phenoxy) is 4. The van der Waals surface area contributed by atoms with Gasteiger partial charge in [-0.05, 0) is 98.9 Å². The molecule has 0 aromatic heterocycles. The Morgan fingerprint density at radius 1 is 0.887 bits per heavy atom. The number of carbonyl (C=O) groups is 3. The fraction of sp³-hybridized carbons (Fsp3) is 0.500. The molecule has 3 aromatic carbocycles. The van der Waals surface area contributed by atoms with E-state index < -0.39 is 11.4 Å². The Morgan fingerprint density at radius 2 is 1.47 bits per heavy atom.